The lowest BCUT2D eigenvalue weighted by Crippen LogP contribution is -2.34. The van der Waals surface area contributed by atoms with Gasteiger partial charge in [0.25, 0.3) is 31.3 Å². The number of imidazole rings is 1. The molecule has 16 atom stereocenters. The van der Waals surface area contributed by atoms with Crippen LogP contribution in [0.25, 0.3) is 130 Å². The maximum Gasteiger partial charge on any atom is 0.268 e. The first kappa shape index (κ1) is 108. The molecule has 4 saturated heterocycles. The number of hydrogen-bond acceptors (Lipinski definition) is 28. The minimum Gasteiger partial charge on any atom is -0.756 e. The molecule has 2 N–H and O–H groups in total. The minimum atomic E-state index is -4.61. The highest BCUT2D eigenvalue weighted by Crippen LogP contribution is 2.57. The molecule has 20 rings (SSSR count). The van der Waals surface area contributed by atoms with E-state index < -0.39 is 137 Å². The Morgan fingerprint density at radius 1 is 0.308 bits per heavy atom. The fraction of sp³-hybridized carbons (Fsp3) is 0.460. The van der Waals surface area contributed by atoms with Crippen LogP contribution in [0, 0.1) is 0 Å². The lowest BCUT2D eigenvalue weighted by Gasteiger charge is -2.34. The van der Waals surface area contributed by atoms with Gasteiger partial charge >= 0.3 is 0 Å². The van der Waals surface area contributed by atoms with Gasteiger partial charge in [0.1, 0.15) is 42.5 Å². The molecule has 33 heteroatoms. The van der Waals surface area contributed by atoms with Crippen molar-refractivity contribution in [1.82, 2.24) is 19.5 Å². The van der Waals surface area contributed by atoms with E-state index in [0.29, 0.717) is 30.4 Å². The van der Waals surface area contributed by atoms with E-state index in [1.807, 2.05) is 89.2 Å². The molecule has 16 aromatic rings. The highest BCUT2D eigenvalue weighted by Gasteiger charge is 2.47. The maximum absolute atomic E-state index is 12.9. The van der Waals surface area contributed by atoms with E-state index in [0.717, 1.165) is 43.6 Å². The highest BCUT2D eigenvalue weighted by molar-refractivity contribution is 7.46. The number of aromatic nitrogens is 4. The Hall–Kier alpha value is -8.81. The predicted octanol–water partition coefficient (Wildman–Crippen LogP) is 25.2. The summed E-state index contributed by atoms with van der Waals surface area (Å²) < 4.78 is 146. The fourth-order valence-corrected chi connectivity index (χ4v) is 25.2. The molecule has 2 aromatic heterocycles. The molecular weight excluding hydrogens is 1940 g/mol. The Morgan fingerprint density at radius 2 is 0.616 bits per heavy atom. The molecule has 4 aliphatic heterocycles. The standard InChI is InChI=1S/2C33H37O6P.C29H35O6P.C18H30N5O6P/c1-32(2,3)36-19-29-28(38-40(34,35)39-33(4,5)6)18-27(37-29)21-16-17-26-24-13-8-11-20-10-7-12-23(30(20)24)25-15-9-14-22(21)31(25)26;1-32(2,3)36-19-28-26(38-40(34,35)39-33(4,5)6)18-27(37-28)30-23-13-8-7-12-22(23)24-16-14-20-10-9-11-21-15-17-25(30)31(24)29(20)21;1-28(2,3)32-17-25-24(34-36(30,31)35-29(4,5)6)16-23(33-25)21-14-12-20-11-10-18-8-7-9-19-13-15-22(21)27(20)26(18)19;1-17(2,3)26-8-12-11(28-30(24,25)29-18(4,5)6)7-13(27-12)23-10-22-14-15(19)20-9-21-16(14)23/h7-17,27-29H,18-19H2,1-6H3,(H,34,35);7-17,26-28H,18-19H2,1-6H3,(H,34,35);7-15,23-25H,16-17H2,1-6H3,(H,30,31);9-13H,7-8H2,1-6H3,(H,24,25)(H2,19,20,21)/p-4/t27-,28?,29-;26?,27-,28-;23-,24?,25-;11?,12-,13-/m1111/s1. The second-order valence-electron chi connectivity index (χ2n) is 46.3. The Bertz CT molecular complexity index is 7560. The summed E-state index contributed by atoms with van der Waals surface area (Å²) in [6, 6.07) is 66.2. The molecule has 0 amide bonds. The largest absolute Gasteiger partial charge is 0.756 e. The number of rotatable bonds is 24. The third kappa shape index (κ3) is 25.5. The van der Waals surface area contributed by atoms with Gasteiger partial charge in [0.2, 0.25) is 0 Å². The molecule has 780 valence electrons. The SMILES string of the molecule is CC(C)(C)OC[C@H]1O[C@@H](c2c3ccccc3c3ccc4cccc5ccc2c3c54)CC1OP(=O)([O-])OC(C)(C)C.CC(C)(C)OC[C@H]1O[C@@H](c2ccc3c4cccc5cccc(c6cccc2c63)c54)CC1OP(=O)([O-])OC(C)(C)C.CC(C)(C)OC[C@H]1O[C@@H](c2ccc3ccc4cccc5ccc2c3c45)CC1OP(=O)([O-])OC(C)(C)C.CC(C)(C)OC[C@H]1O[C@@H](n2cnc3c(N)ncnc32)CC1OP(=O)([O-])OC(C)(C)C. The summed E-state index contributed by atoms with van der Waals surface area (Å²) in [4.78, 5) is 63.3. The normalized spacial score (nSPS) is 23.0. The van der Waals surface area contributed by atoms with Gasteiger partial charge in [-0.05, 0) is 301 Å². The second kappa shape index (κ2) is 41.1. The van der Waals surface area contributed by atoms with Crippen molar-refractivity contribution >= 4 is 167 Å². The van der Waals surface area contributed by atoms with Crippen molar-refractivity contribution in [2.75, 3.05) is 32.2 Å². The van der Waals surface area contributed by atoms with E-state index in [2.05, 4.69) is 197 Å². The topological polar surface area (TPSA) is 378 Å². The zero-order valence-electron chi connectivity index (χ0n) is 87.6. The molecule has 8 unspecified atom stereocenters. The van der Waals surface area contributed by atoms with Crippen LogP contribution in [0.1, 0.15) is 233 Å². The van der Waals surface area contributed by atoms with Gasteiger partial charge in [-0.2, -0.15) is 0 Å². The summed E-state index contributed by atoms with van der Waals surface area (Å²) in [5.74, 6) is 0.250. The van der Waals surface area contributed by atoms with Gasteiger partial charge < -0.3 is 99.4 Å². The minimum absolute atomic E-state index is 0.143. The first-order chi connectivity index (χ1) is 68.1. The van der Waals surface area contributed by atoms with E-state index in [1.54, 1.807) is 87.7 Å². The van der Waals surface area contributed by atoms with Crippen LogP contribution in [0.5, 0.6) is 0 Å². The summed E-state index contributed by atoms with van der Waals surface area (Å²) >= 11 is 0. The molecule has 0 bridgehead atoms. The molecule has 0 radical (unpaired) electrons. The number of benzene rings is 14. The van der Waals surface area contributed by atoms with Crippen LogP contribution in [0.3, 0.4) is 0 Å². The van der Waals surface area contributed by atoms with Gasteiger partial charge in [-0.1, -0.05) is 188 Å². The molecule has 29 nitrogen and oxygen atoms in total. The van der Waals surface area contributed by atoms with Crippen LogP contribution >= 0.6 is 31.3 Å². The number of nitrogens with two attached hydrogens (primary N) is 1. The molecule has 4 fully saturated rings. The number of nitrogens with zero attached hydrogens (tertiary/aromatic N) is 4. The number of fused-ring (bicyclic) bond motifs is 5. The summed E-state index contributed by atoms with van der Waals surface area (Å²) in [5, 5.41) is 26.0. The smallest absolute Gasteiger partial charge is 0.268 e. The number of hydrogen-bond donors (Lipinski definition) is 1. The second-order valence-corrected chi connectivity index (χ2v) is 51.5. The lowest BCUT2D eigenvalue weighted by molar-refractivity contribution is -0.241. The summed E-state index contributed by atoms with van der Waals surface area (Å²) in [6.45, 7) is 44.2. The molecule has 0 spiro atoms. The van der Waals surface area contributed by atoms with Crippen LogP contribution < -0.4 is 25.3 Å². The summed E-state index contributed by atoms with van der Waals surface area (Å²) in [7, 11) is -18.3. The Kier molecular flexibility index (Phi) is 30.5. The van der Waals surface area contributed by atoms with Crippen LogP contribution in [0.2, 0.25) is 0 Å². The summed E-state index contributed by atoms with van der Waals surface area (Å²) in [6.07, 6.45) is -2.88. The number of phosphoric acid groups is 4. The molecule has 0 saturated carbocycles. The summed E-state index contributed by atoms with van der Waals surface area (Å²) in [5.41, 5.74) is 4.58. The van der Waals surface area contributed by atoms with E-state index in [9.17, 15) is 37.8 Å². The average molecular weight is 2070 g/mol. The van der Waals surface area contributed by atoms with Crippen LogP contribution in [0.15, 0.2) is 201 Å². The van der Waals surface area contributed by atoms with Crippen molar-refractivity contribution in [3.05, 3.63) is 217 Å². The zero-order valence-corrected chi connectivity index (χ0v) is 91.2. The van der Waals surface area contributed by atoms with Gasteiger partial charge in [-0.3, -0.25) is 22.8 Å². The monoisotopic (exact) mass is 2070 g/mol. The van der Waals surface area contributed by atoms with Crippen LogP contribution in [-0.4, -0.2) is 140 Å². The Labute approximate surface area is 852 Å². The zero-order chi connectivity index (χ0) is 105. The molecule has 14 aromatic carbocycles. The van der Waals surface area contributed by atoms with Crippen LogP contribution in [-0.2, 0) is 92.3 Å². The van der Waals surface area contributed by atoms with Gasteiger partial charge in [0.05, 0.1) is 120 Å². The van der Waals surface area contributed by atoms with E-state index in [-0.39, 0.29) is 50.9 Å². The first-order valence-corrected chi connectivity index (χ1v) is 55.7. The average Bonchev–Trinajstić information content (AvgIpc) is 1.66. The first-order valence-electron chi connectivity index (χ1n) is 49.9. The van der Waals surface area contributed by atoms with Crippen molar-refractivity contribution in [2.45, 2.75) is 310 Å². The maximum atomic E-state index is 12.9. The van der Waals surface area contributed by atoms with Crippen molar-refractivity contribution in [2.24, 2.45) is 0 Å². The molecular formula is C113H135N5O24P4-4. The van der Waals surface area contributed by atoms with Crippen molar-refractivity contribution in [3.63, 3.8) is 0 Å². The molecule has 0 aliphatic carbocycles. The van der Waals surface area contributed by atoms with E-state index >= 15 is 0 Å². The third-order valence-corrected chi connectivity index (χ3v) is 30.7. The van der Waals surface area contributed by atoms with Crippen molar-refractivity contribution in [3.8, 4) is 0 Å². The molecule has 146 heavy (non-hydrogen) atoms. The number of anilines is 1. The number of ether oxygens (including phenoxy) is 8. The van der Waals surface area contributed by atoms with Gasteiger partial charge in [-0.25, -0.2) is 15.0 Å². The van der Waals surface area contributed by atoms with E-state index in [1.165, 1.54) is 104 Å². The van der Waals surface area contributed by atoms with Crippen molar-refractivity contribution in [1.29, 1.82) is 0 Å². The highest BCUT2D eigenvalue weighted by atomic mass is 31.2. The number of nitrogen functional groups attached to an aromatic ring is 1. The fourth-order valence-electron chi connectivity index (χ4n) is 20.1. The number of phosphoric ester groups is 4. The molecule has 6 heterocycles. The molecule has 4 aliphatic rings. The van der Waals surface area contributed by atoms with Gasteiger partial charge in [-0.15, -0.1) is 0 Å². The Morgan fingerprint density at radius 3 is 1.06 bits per heavy atom. The third-order valence-electron chi connectivity index (χ3n) is 25.5. The lowest BCUT2D eigenvalue weighted by atomic mass is 9.85. The van der Waals surface area contributed by atoms with Gasteiger partial charge in [0.15, 0.2) is 11.5 Å². The Balaban J connectivity index is 0.000000134. The van der Waals surface area contributed by atoms with Gasteiger partial charge in [0, 0.05) is 25.7 Å². The van der Waals surface area contributed by atoms with E-state index in [4.69, 9.17) is 79.8 Å². The van der Waals surface area contributed by atoms with Crippen molar-refractivity contribution < 1.29 is 112 Å². The quantitative estimate of drug-likeness (QED) is 0.0333. The predicted molar refractivity (Wildman–Crippen MR) is 566 cm³/mol. The van der Waals surface area contributed by atoms with Crippen LogP contribution in [0.4, 0.5) is 5.82 Å².